The first-order valence-corrected chi connectivity index (χ1v) is 7.16. The smallest absolute Gasteiger partial charge is 0.411 e. The number of anilines is 1. The summed E-state index contributed by atoms with van der Waals surface area (Å²) in [6, 6.07) is 15.0. The zero-order valence-corrected chi connectivity index (χ0v) is 13.1. The molecule has 0 spiro atoms. The summed E-state index contributed by atoms with van der Waals surface area (Å²) in [5.74, 6) is 0. The third-order valence-corrected chi connectivity index (χ3v) is 3.53. The predicted octanol–water partition coefficient (Wildman–Crippen LogP) is 4.96. The molecule has 98 valence electrons. The van der Waals surface area contributed by atoms with Gasteiger partial charge in [0.15, 0.2) is 0 Å². The lowest BCUT2D eigenvalue weighted by molar-refractivity contribution is 0.155. The predicted molar refractivity (Wildman–Crippen MR) is 82.1 cm³/mol. The summed E-state index contributed by atoms with van der Waals surface area (Å²) in [6.07, 6.45) is -0.480. The third kappa shape index (κ3) is 4.36. The number of ether oxygens (including phenoxy) is 1. The SMILES string of the molecule is O=C(Nc1ccc(Br)cc1Br)OCc1ccccc1. The molecule has 0 aliphatic rings. The van der Waals surface area contributed by atoms with Crippen LogP contribution >= 0.6 is 31.9 Å². The zero-order valence-electron chi connectivity index (χ0n) is 9.90. The fraction of sp³-hybridized carbons (Fsp3) is 0.0714. The van der Waals surface area contributed by atoms with Gasteiger partial charge in [0.05, 0.1) is 5.69 Å². The van der Waals surface area contributed by atoms with Crippen LogP contribution in [0.4, 0.5) is 10.5 Å². The van der Waals surface area contributed by atoms with Gasteiger partial charge in [0, 0.05) is 8.95 Å². The second-order valence-corrected chi connectivity index (χ2v) is 5.58. The third-order valence-electron chi connectivity index (χ3n) is 2.38. The Morgan fingerprint density at radius 3 is 2.53 bits per heavy atom. The number of benzene rings is 2. The lowest BCUT2D eigenvalue weighted by Gasteiger charge is -2.08. The van der Waals surface area contributed by atoms with Gasteiger partial charge in [0.25, 0.3) is 0 Å². The van der Waals surface area contributed by atoms with Crippen LogP contribution in [0.15, 0.2) is 57.5 Å². The maximum Gasteiger partial charge on any atom is 0.411 e. The molecule has 0 aromatic heterocycles. The fourth-order valence-corrected chi connectivity index (χ4v) is 2.61. The van der Waals surface area contributed by atoms with Gasteiger partial charge in [-0.05, 0) is 39.7 Å². The largest absolute Gasteiger partial charge is 0.444 e. The molecule has 0 aliphatic heterocycles. The Labute approximate surface area is 128 Å². The van der Waals surface area contributed by atoms with Gasteiger partial charge in [0.1, 0.15) is 6.61 Å². The Kier molecular flexibility index (Phi) is 4.99. The molecule has 0 heterocycles. The van der Waals surface area contributed by atoms with Gasteiger partial charge >= 0.3 is 6.09 Å². The summed E-state index contributed by atoms with van der Waals surface area (Å²) >= 11 is 6.72. The standard InChI is InChI=1S/C14H11Br2NO2/c15-11-6-7-13(12(16)8-11)17-14(18)19-9-10-4-2-1-3-5-10/h1-8H,9H2,(H,17,18). The lowest BCUT2D eigenvalue weighted by atomic mass is 10.2. The minimum atomic E-state index is -0.480. The molecule has 19 heavy (non-hydrogen) atoms. The topological polar surface area (TPSA) is 38.3 Å². The summed E-state index contributed by atoms with van der Waals surface area (Å²) in [5, 5.41) is 2.68. The molecule has 1 N–H and O–H groups in total. The first-order valence-electron chi connectivity index (χ1n) is 5.58. The van der Waals surface area contributed by atoms with E-state index < -0.39 is 6.09 Å². The molecule has 0 unspecified atom stereocenters. The van der Waals surface area contributed by atoms with Gasteiger partial charge in [-0.1, -0.05) is 46.3 Å². The summed E-state index contributed by atoms with van der Waals surface area (Å²) in [7, 11) is 0. The van der Waals surface area contributed by atoms with Crippen LogP contribution in [-0.2, 0) is 11.3 Å². The van der Waals surface area contributed by atoms with E-state index in [4.69, 9.17) is 4.74 Å². The summed E-state index contributed by atoms with van der Waals surface area (Å²) in [4.78, 5) is 11.7. The molecule has 3 nitrogen and oxygen atoms in total. The first-order chi connectivity index (χ1) is 9.15. The molecule has 0 aliphatic carbocycles. The number of hydrogen-bond acceptors (Lipinski definition) is 2. The zero-order chi connectivity index (χ0) is 13.7. The number of amides is 1. The van der Waals surface area contributed by atoms with E-state index in [2.05, 4.69) is 37.2 Å². The van der Waals surface area contributed by atoms with E-state index in [1.165, 1.54) is 0 Å². The number of rotatable bonds is 3. The monoisotopic (exact) mass is 383 g/mol. The van der Waals surface area contributed by atoms with Crippen molar-refractivity contribution in [2.45, 2.75) is 6.61 Å². The molecular formula is C14H11Br2NO2. The Balaban J connectivity index is 1.91. The highest BCUT2D eigenvalue weighted by atomic mass is 79.9. The normalized spacial score (nSPS) is 10.0. The number of hydrogen-bond donors (Lipinski definition) is 1. The second-order valence-electron chi connectivity index (χ2n) is 3.81. The molecule has 1 amide bonds. The van der Waals surface area contributed by atoms with Crippen molar-refractivity contribution in [1.82, 2.24) is 0 Å². The molecule has 0 saturated heterocycles. The van der Waals surface area contributed by atoms with Crippen LogP contribution in [0.5, 0.6) is 0 Å². The summed E-state index contributed by atoms with van der Waals surface area (Å²) < 4.78 is 6.86. The highest BCUT2D eigenvalue weighted by molar-refractivity contribution is 9.11. The highest BCUT2D eigenvalue weighted by Gasteiger charge is 2.06. The van der Waals surface area contributed by atoms with Gasteiger partial charge in [-0.15, -0.1) is 0 Å². The number of carbonyl (C=O) groups excluding carboxylic acids is 1. The van der Waals surface area contributed by atoms with Crippen molar-refractivity contribution in [2.75, 3.05) is 5.32 Å². The van der Waals surface area contributed by atoms with Crippen LogP contribution in [0, 0.1) is 0 Å². The van der Waals surface area contributed by atoms with Crippen LogP contribution in [0.25, 0.3) is 0 Å². The molecule has 0 atom stereocenters. The molecule has 2 aromatic rings. The number of nitrogens with one attached hydrogen (secondary N) is 1. The van der Waals surface area contributed by atoms with Crippen molar-refractivity contribution in [2.24, 2.45) is 0 Å². The minimum absolute atomic E-state index is 0.251. The molecular weight excluding hydrogens is 374 g/mol. The summed E-state index contributed by atoms with van der Waals surface area (Å²) in [5.41, 5.74) is 1.62. The Morgan fingerprint density at radius 2 is 1.84 bits per heavy atom. The maximum absolute atomic E-state index is 11.7. The van der Waals surface area contributed by atoms with Gasteiger partial charge in [-0.2, -0.15) is 0 Å². The van der Waals surface area contributed by atoms with Crippen LogP contribution in [-0.4, -0.2) is 6.09 Å². The average Bonchev–Trinajstić information content (AvgIpc) is 2.41. The van der Waals surface area contributed by atoms with Crippen molar-refractivity contribution in [1.29, 1.82) is 0 Å². The minimum Gasteiger partial charge on any atom is -0.444 e. The quantitative estimate of drug-likeness (QED) is 0.811. The van der Waals surface area contributed by atoms with E-state index in [0.29, 0.717) is 5.69 Å². The van der Waals surface area contributed by atoms with Crippen molar-refractivity contribution < 1.29 is 9.53 Å². The molecule has 5 heteroatoms. The molecule has 0 fully saturated rings. The van der Waals surface area contributed by atoms with E-state index in [1.54, 1.807) is 6.07 Å². The highest BCUT2D eigenvalue weighted by Crippen LogP contribution is 2.26. The van der Waals surface area contributed by atoms with E-state index in [-0.39, 0.29) is 6.61 Å². The second kappa shape index (κ2) is 6.73. The van der Waals surface area contributed by atoms with Crippen LogP contribution in [0.1, 0.15) is 5.56 Å². The van der Waals surface area contributed by atoms with Crippen LogP contribution in [0.2, 0.25) is 0 Å². The first kappa shape index (κ1) is 14.1. The molecule has 0 bridgehead atoms. The maximum atomic E-state index is 11.7. The average molecular weight is 385 g/mol. The molecule has 2 aromatic carbocycles. The van der Waals surface area contributed by atoms with Gasteiger partial charge in [-0.25, -0.2) is 4.79 Å². The Hall–Kier alpha value is -1.33. The van der Waals surface area contributed by atoms with E-state index in [9.17, 15) is 4.79 Å². The van der Waals surface area contributed by atoms with Gasteiger partial charge in [-0.3, -0.25) is 5.32 Å². The van der Waals surface area contributed by atoms with Gasteiger partial charge < -0.3 is 4.74 Å². The molecule has 0 radical (unpaired) electrons. The van der Waals surface area contributed by atoms with Crippen molar-refractivity contribution in [3.05, 3.63) is 63.0 Å². The molecule has 2 rings (SSSR count). The van der Waals surface area contributed by atoms with Crippen molar-refractivity contribution >= 4 is 43.6 Å². The number of halogens is 2. The van der Waals surface area contributed by atoms with Crippen molar-refractivity contribution in [3.63, 3.8) is 0 Å². The summed E-state index contributed by atoms with van der Waals surface area (Å²) in [6.45, 7) is 0.251. The number of carbonyl (C=O) groups is 1. The van der Waals surface area contributed by atoms with E-state index >= 15 is 0 Å². The lowest BCUT2D eigenvalue weighted by Crippen LogP contribution is -2.13. The van der Waals surface area contributed by atoms with E-state index in [0.717, 1.165) is 14.5 Å². The Bertz CT molecular complexity index is 573. The van der Waals surface area contributed by atoms with Crippen LogP contribution in [0.3, 0.4) is 0 Å². The van der Waals surface area contributed by atoms with E-state index in [1.807, 2.05) is 42.5 Å². The van der Waals surface area contributed by atoms with Crippen LogP contribution < -0.4 is 5.32 Å². The Morgan fingerprint density at radius 1 is 1.11 bits per heavy atom. The molecule has 0 saturated carbocycles. The van der Waals surface area contributed by atoms with Gasteiger partial charge in [0.2, 0.25) is 0 Å². The fourth-order valence-electron chi connectivity index (χ4n) is 1.46. The van der Waals surface area contributed by atoms with Crippen molar-refractivity contribution in [3.8, 4) is 0 Å².